The maximum atomic E-state index is 10.2. The summed E-state index contributed by atoms with van der Waals surface area (Å²) in [6.45, 7) is 0. The van der Waals surface area contributed by atoms with Gasteiger partial charge in [0, 0.05) is 21.4 Å². The predicted octanol–water partition coefficient (Wildman–Crippen LogP) is 0.802. The Hall–Kier alpha value is 0.960. The smallest absolute Gasteiger partial charge is 0.210 e. The summed E-state index contributed by atoms with van der Waals surface area (Å²) < 4.78 is 39.0. The van der Waals surface area contributed by atoms with Gasteiger partial charge < -0.3 is 0 Å². The van der Waals surface area contributed by atoms with Gasteiger partial charge in [-0.3, -0.25) is 0 Å². The van der Waals surface area contributed by atoms with Crippen LogP contribution in [0.2, 0.25) is 0 Å². The van der Waals surface area contributed by atoms with Crippen molar-refractivity contribution >= 4 is 55.4 Å². The van der Waals surface area contributed by atoms with Gasteiger partial charge in [0.25, 0.3) is 18.1 Å². The molecule has 0 aromatic heterocycles. The number of hydrogen-bond donors (Lipinski definition) is 0. The summed E-state index contributed by atoms with van der Waals surface area (Å²) in [7, 11) is 0.877. The molecule has 0 aliphatic rings. The van der Waals surface area contributed by atoms with Gasteiger partial charge in [-0.25, -0.2) is 16.8 Å². The first-order valence-electron chi connectivity index (χ1n) is 1.66. The van der Waals surface area contributed by atoms with Crippen molar-refractivity contribution in [2.45, 2.75) is 3.49 Å². The fourth-order valence-corrected chi connectivity index (χ4v) is 3.29. The lowest BCUT2D eigenvalue weighted by molar-refractivity contribution is 0.601. The number of rotatable bonds is 2. The Balaban J connectivity index is 4.94. The van der Waals surface area contributed by atoms with Crippen LogP contribution in [0.5, 0.6) is 0 Å². The molecule has 0 amide bonds. The summed E-state index contributed by atoms with van der Waals surface area (Å²) in [6, 6.07) is 0. The van der Waals surface area contributed by atoms with Crippen molar-refractivity contribution in [3.05, 3.63) is 0 Å². The van der Waals surface area contributed by atoms with Gasteiger partial charge in [0.2, 0.25) is 3.49 Å². The molecule has 0 spiro atoms. The van der Waals surface area contributed by atoms with Crippen LogP contribution in [0.4, 0.5) is 0 Å². The fraction of sp³-hybridized carbons (Fsp3) is 1.00. The van der Waals surface area contributed by atoms with E-state index in [1.54, 1.807) is 0 Å². The molecule has 0 heterocycles. The molecule has 10 heavy (non-hydrogen) atoms. The highest BCUT2D eigenvalue weighted by atomic mass is 79.9. The predicted molar refractivity (Wildman–Crippen MR) is 42.3 cm³/mol. The van der Waals surface area contributed by atoms with Crippen LogP contribution in [0.15, 0.2) is 0 Å². The molecule has 0 saturated carbocycles. The molecule has 9 heteroatoms. The van der Waals surface area contributed by atoms with Crippen LogP contribution in [-0.4, -0.2) is 20.3 Å². The maximum Gasteiger partial charge on any atom is 0.261 e. The highest BCUT2D eigenvalue weighted by Crippen LogP contribution is 2.22. The van der Waals surface area contributed by atoms with Gasteiger partial charge in [-0.1, -0.05) is 15.9 Å². The molecule has 0 saturated heterocycles. The van der Waals surface area contributed by atoms with Crippen LogP contribution < -0.4 is 0 Å². The molecule has 0 fully saturated rings. The van der Waals surface area contributed by atoms with E-state index >= 15 is 0 Å². The molecule has 62 valence electrons. The summed E-state index contributed by atoms with van der Waals surface area (Å²) >= 11 is 2.28. The van der Waals surface area contributed by atoms with Gasteiger partial charge in [0.1, 0.15) is 0 Å². The second-order valence-corrected chi connectivity index (χ2v) is 9.08. The summed E-state index contributed by atoms with van der Waals surface area (Å²) in [5.74, 6) is 0. The van der Waals surface area contributed by atoms with Crippen LogP contribution in [-0.2, 0) is 18.1 Å². The lowest BCUT2D eigenvalue weighted by atomic mass is 11.9. The Kier molecular flexibility index (Phi) is 3.44. The van der Waals surface area contributed by atoms with Crippen molar-refractivity contribution in [3.63, 3.8) is 0 Å². The van der Waals surface area contributed by atoms with Crippen LogP contribution in [0.3, 0.4) is 0 Å². The third-order valence-electron chi connectivity index (χ3n) is 0.443. The topological polar surface area (TPSA) is 68.3 Å². The fourth-order valence-electron chi connectivity index (χ4n) is 0.137. The number of hydrogen-bond acceptors (Lipinski definition) is 4. The second kappa shape index (κ2) is 3.14. The van der Waals surface area contributed by atoms with Crippen molar-refractivity contribution in [1.29, 1.82) is 0 Å². The van der Waals surface area contributed by atoms with Crippen molar-refractivity contribution in [2.24, 2.45) is 0 Å². The van der Waals surface area contributed by atoms with E-state index in [4.69, 9.17) is 0 Å². The van der Waals surface area contributed by atoms with Crippen molar-refractivity contribution < 1.29 is 16.8 Å². The Morgan fingerprint density at radius 1 is 1.00 bits per heavy atom. The first-order chi connectivity index (χ1) is 4.15. The van der Waals surface area contributed by atoms with Gasteiger partial charge in [0.15, 0.2) is 0 Å². The lowest BCUT2D eigenvalue weighted by Gasteiger charge is -1.98. The molecule has 0 N–H and O–H groups in total. The molecule has 0 atom stereocenters. The zero-order valence-electron chi connectivity index (χ0n) is 4.16. The summed E-state index contributed by atoms with van der Waals surface area (Å²) in [4.78, 5) is 0. The quantitative estimate of drug-likeness (QED) is 0.557. The molecule has 0 unspecified atom stereocenters. The van der Waals surface area contributed by atoms with Crippen molar-refractivity contribution in [1.82, 2.24) is 0 Å². The third-order valence-corrected chi connectivity index (χ3v) is 8.80. The van der Waals surface area contributed by atoms with E-state index in [2.05, 4.69) is 37.3 Å². The number of halogens is 3. The van der Waals surface area contributed by atoms with Crippen molar-refractivity contribution in [3.8, 4) is 0 Å². The van der Waals surface area contributed by atoms with E-state index in [0.29, 0.717) is 0 Å². The molecular formula is CHBrCl2O4S2. The van der Waals surface area contributed by atoms with Gasteiger partial charge in [-0.05, 0) is 0 Å². The minimum atomic E-state index is -4.19. The lowest BCUT2D eigenvalue weighted by Crippen LogP contribution is -2.15. The van der Waals surface area contributed by atoms with E-state index in [1.807, 2.05) is 0 Å². The molecule has 0 aliphatic carbocycles. The molecular weight excluding hydrogens is 291 g/mol. The Morgan fingerprint density at radius 2 is 1.20 bits per heavy atom. The van der Waals surface area contributed by atoms with Crippen LogP contribution in [0.25, 0.3) is 0 Å². The largest absolute Gasteiger partial charge is 0.261 e. The SMILES string of the molecule is O=S(=O)(Cl)C(Br)S(=O)(=O)Cl. The molecule has 0 bridgehead atoms. The standard InChI is InChI=1S/CHBrCl2O4S2/c2-1(9(3,5)6)10(4,7)8/h1H. The van der Waals surface area contributed by atoms with E-state index in [-0.39, 0.29) is 0 Å². The Morgan fingerprint density at radius 3 is 1.20 bits per heavy atom. The average molecular weight is 292 g/mol. The van der Waals surface area contributed by atoms with Gasteiger partial charge in [-0.15, -0.1) is 0 Å². The summed E-state index contributed by atoms with van der Waals surface area (Å²) in [5.41, 5.74) is 0. The Bertz CT molecular complexity index is 270. The second-order valence-electron chi connectivity index (χ2n) is 1.23. The van der Waals surface area contributed by atoms with Gasteiger partial charge in [-0.2, -0.15) is 0 Å². The molecule has 0 aliphatic heterocycles. The van der Waals surface area contributed by atoms with Gasteiger partial charge >= 0.3 is 0 Å². The monoisotopic (exact) mass is 290 g/mol. The normalized spacial score (nSPS) is 14.0. The number of alkyl halides is 1. The minimum Gasteiger partial charge on any atom is -0.210 e. The molecule has 0 radical (unpaired) electrons. The molecule has 0 aromatic rings. The minimum absolute atomic E-state index is 1.95. The van der Waals surface area contributed by atoms with Crippen molar-refractivity contribution in [2.75, 3.05) is 0 Å². The van der Waals surface area contributed by atoms with Gasteiger partial charge in [0.05, 0.1) is 0 Å². The zero-order valence-corrected chi connectivity index (χ0v) is 8.89. The molecule has 4 nitrogen and oxygen atoms in total. The first kappa shape index (κ1) is 11.0. The first-order valence-corrected chi connectivity index (χ1v) is 7.33. The summed E-state index contributed by atoms with van der Waals surface area (Å²) in [5, 5.41) is 0. The van der Waals surface area contributed by atoms with Crippen LogP contribution >= 0.6 is 37.3 Å². The van der Waals surface area contributed by atoms with E-state index < -0.39 is 21.6 Å². The highest BCUT2D eigenvalue weighted by molar-refractivity contribution is 9.13. The van der Waals surface area contributed by atoms with Crippen LogP contribution in [0.1, 0.15) is 0 Å². The Labute approximate surface area is 75.5 Å². The zero-order chi connectivity index (χ0) is 8.58. The van der Waals surface area contributed by atoms with E-state index in [1.165, 1.54) is 0 Å². The summed E-state index contributed by atoms with van der Waals surface area (Å²) in [6.07, 6.45) is 0. The van der Waals surface area contributed by atoms with E-state index in [0.717, 1.165) is 0 Å². The molecule has 0 aromatic carbocycles. The van der Waals surface area contributed by atoms with Crippen LogP contribution in [0, 0.1) is 0 Å². The maximum absolute atomic E-state index is 10.2. The highest BCUT2D eigenvalue weighted by Gasteiger charge is 2.32. The third kappa shape index (κ3) is 3.38. The molecule has 0 rings (SSSR count). The van der Waals surface area contributed by atoms with E-state index in [9.17, 15) is 16.8 Å². The average Bonchev–Trinajstić information content (AvgIpc) is 1.59.